The molecule has 1 aromatic heterocycles. The maximum atomic E-state index is 5.52. The van der Waals surface area contributed by atoms with Gasteiger partial charge in [0.1, 0.15) is 0 Å². The van der Waals surface area contributed by atoms with E-state index in [1.165, 1.54) is 12.8 Å². The molecule has 1 fully saturated rings. The van der Waals surface area contributed by atoms with E-state index in [1.807, 2.05) is 12.1 Å². The van der Waals surface area contributed by atoms with Crippen molar-refractivity contribution in [2.75, 3.05) is 18.0 Å². The van der Waals surface area contributed by atoms with Crippen LogP contribution in [0.25, 0.3) is 11.4 Å². The van der Waals surface area contributed by atoms with Crippen molar-refractivity contribution in [3.05, 3.63) is 28.6 Å². The lowest BCUT2D eigenvalue weighted by Crippen LogP contribution is -2.18. The molecule has 1 aliphatic rings. The van der Waals surface area contributed by atoms with Crippen LogP contribution >= 0.6 is 15.9 Å². The molecule has 100 valence electrons. The molecule has 0 saturated carbocycles. The highest BCUT2D eigenvalue weighted by Gasteiger charge is 2.21. The van der Waals surface area contributed by atoms with Crippen LogP contribution in [0.5, 0.6) is 0 Å². The van der Waals surface area contributed by atoms with Crippen LogP contribution in [0.15, 0.2) is 27.2 Å². The van der Waals surface area contributed by atoms with Gasteiger partial charge in [-0.3, -0.25) is 0 Å². The van der Waals surface area contributed by atoms with Crippen molar-refractivity contribution in [1.82, 2.24) is 10.1 Å². The van der Waals surface area contributed by atoms with Gasteiger partial charge in [-0.15, -0.1) is 0 Å². The zero-order chi connectivity index (χ0) is 13.2. The number of hydrogen-bond donors (Lipinski definition) is 1. The summed E-state index contributed by atoms with van der Waals surface area (Å²) in [4.78, 5) is 6.69. The van der Waals surface area contributed by atoms with Crippen molar-refractivity contribution in [3.63, 3.8) is 0 Å². The van der Waals surface area contributed by atoms with E-state index in [4.69, 9.17) is 10.3 Å². The predicted octanol–water partition coefficient (Wildman–Crippen LogP) is 2.56. The molecule has 1 saturated heterocycles. The lowest BCUT2D eigenvalue weighted by atomic mass is 10.1. The molecule has 1 aromatic carbocycles. The first-order chi connectivity index (χ1) is 9.29. The van der Waals surface area contributed by atoms with E-state index in [1.54, 1.807) is 0 Å². The van der Waals surface area contributed by atoms with Crippen molar-refractivity contribution in [1.29, 1.82) is 0 Å². The minimum atomic E-state index is 0.260. The summed E-state index contributed by atoms with van der Waals surface area (Å²) >= 11 is 3.58. The monoisotopic (exact) mass is 322 g/mol. The lowest BCUT2D eigenvalue weighted by Gasteiger charge is -2.20. The molecule has 6 heteroatoms. The van der Waals surface area contributed by atoms with Crippen molar-refractivity contribution >= 4 is 21.6 Å². The van der Waals surface area contributed by atoms with Gasteiger partial charge < -0.3 is 15.2 Å². The standard InChI is InChI=1S/C13H15BrN4O/c14-9-4-3-5-10(18-6-1-2-7-18)12(9)13-16-11(8-15)19-17-13/h3-5H,1-2,6-8,15H2. The Morgan fingerprint density at radius 2 is 2.11 bits per heavy atom. The van der Waals surface area contributed by atoms with Crippen LogP contribution in [-0.4, -0.2) is 23.2 Å². The van der Waals surface area contributed by atoms with Crippen molar-refractivity contribution in [3.8, 4) is 11.4 Å². The molecule has 0 bridgehead atoms. The van der Waals surface area contributed by atoms with E-state index in [9.17, 15) is 0 Å². The van der Waals surface area contributed by atoms with Crippen LogP contribution in [0.2, 0.25) is 0 Å². The summed E-state index contributed by atoms with van der Waals surface area (Å²) in [5, 5.41) is 4.03. The maximum absolute atomic E-state index is 5.52. The fourth-order valence-electron chi connectivity index (χ4n) is 2.39. The van der Waals surface area contributed by atoms with Crippen molar-refractivity contribution in [2.24, 2.45) is 5.73 Å². The molecule has 3 rings (SSSR count). The van der Waals surface area contributed by atoms with E-state index in [2.05, 4.69) is 37.0 Å². The van der Waals surface area contributed by atoms with E-state index < -0.39 is 0 Å². The summed E-state index contributed by atoms with van der Waals surface area (Å²) in [6.07, 6.45) is 2.46. The quantitative estimate of drug-likeness (QED) is 0.940. The highest BCUT2D eigenvalue weighted by Crippen LogP contribution is 2.36. The number of nitrogens with two attached hydrogens (primary N) is 1. The van der Waals surface area contributed by atoms with Gasteiger partial charge in [0.05, 0.1) is 12.1 Å². The van der Waals surface area contributed by atoms with Gasteiger partial charge in [0.2, 0.25) is 11.7 Å². The zero-order valence-electron chi connectivity index (χ0n) is 10.5. The van der Waals surface area contributed by atoms with E-state index in [-0.39, 0.29) is 6.54 Å². The summed E-state index contributed by atoms with van der Waals surface area (Å²) in [5.41, 5.74) is 7.65. The summed E-state index contributed by atoms with van der Waals surface area (Å²) in [6, 6.07) is 6.13. The van der Waals surface area contributed by atoms with Gasteiger partial charge in [-0.05, 0) is 40.9 Å². The van der Waals surface area contributed by atoms with Crippen LogP contribution in [0.3, 0.4) is 0 Å². The fraction of sp³-hybridized carbons (Fsp3) is 0.385. The van der Waals surface area contributed by atoms with Gasteiger partial charge in [-0.1, -0.05) is 11.2 Å². The van der Waals surface area contributed by atoms with Crippen LogP contribution in [-0.2, 0) is 6.54 Å². The van der Waals surface area contributed by atoms with Gasteiger partial charge in [0.15, 0.2) is 0 Å². The summed E-state index contributed by atoms with van der Waals surface area (Å²) in [5.74, 6) is 1.05. The molecule has 0 atom stereocenters. The van der Waals surface area contributed by atoms with Crippen LogP contribution < -0.4 is 10.6 Å². The number of halogens is 1. The third kappa shape index (κ3) is 2.37. The molecule has 0 radical (unpaired) electrons. The molecule has 0 aliphatic carbocycles. The van der Waals surface area contributed by atoms with Crippen molar-refractivity contribution in [2.45, 2.75) is 19.4 Å². The summed E-state index contributed by atoms with van der Waals surface area (Å²) < 4.78 is 6.09. The number of rotatable bonds is 3. The summed E-state index contributed by atoms with van der Waals surface area (Å²) in [7, 11) is 0. The Morgan fingerprint density at radius 1 is 1.32 bits per heavy atom. The third-order valence-electron chi connectivity index (χ3n) is 3.30. The second-order valence-corrected chi connectivity index (χ2v) is 5.40. The third-order valence-corrected chi connectivity index (χ3v) is 3.97. The summed E-state index contributed by atoms with van der Waals surface area (Å²) in [6.45, 7) is 2.41. The second-order valence-electron chi connectivity index (χ2n) is 4.54. The number of aromatic nitrogens is 2. The Kier molecular flexibility index (Phi) is 3.52. The van der Waals surface area contributed by atoms with Gasteiger partial charge in [-0.2, -0.15) is 4.98 Å². The molecule has 0 unspecified atom stereocenters. The first kappa shape index (κ1) is 12.6. The average Bonchev–Trinajstić information content (AvgIpc) is 3.09. The van der Waals surface area contributed by atoms with Crippen LogP contribution in [0.4, 0.5) is 5.69 Å². The highest BCUT2D eigenvalue weighted by atomic mass is 79.9. The molecular weight excluding hydrogens is 308 g/mol. The van der Waals surface area contributed by atoms with Gasteiger partial charge >= 0.3 is 0 Å². The molecule has 0 amide bonds. The van der Waals surface area contributed by atoms with E-state index >= 15 is 0 Å². The van der Waals surface area contributed by atoms with Crippen molar-refractivity contribution < 1.29 is 4.52 Å². The molecular formula is C13H15BrN4O. The van der Waals surface area contributed by atoms with E-state index in [0.29, 0.717) is 11.7 Å². The Labute approximate surface area is 119 Å². The SMILES string of the molecule is NCc1nc(-c2c(Br)cccc2N2CCCC2)no1. The molecule has 1 aliphatic heterocycles. The van der Waals surface area contributed by atoms with E-state index in [0.717, 1.165) is 28.8 Å². The van der Waals surface area contributed by atoms with Gasteiger partial charge in [0, 0.05) is 23.2 Å². The predicted molar refractivity (Wildman–Crippen MR) is 76.8 cm³/mol. The van der Waals surface area contributed by atoms with Crippen LogP contribution in [0.1, 0.15) is 18.7 Å². The molecule has 2 N–H and O–H groups in total. The first-order valence-electron chi connectivity index (χ1n) is 6.36. The largest absolute Gasteiger partial charge is 0.371 e. The molecule has 2 aromatic rings. The highest BCUT2D eigenvalue weighted by molar-refractivity contribution is 9.10. The first-order valence-corrected chi connectivity index (χ1v) is 7.15. The molecule has 5 nitrogen and oxygen atoms in total. The Balaban J connectivity index is 2.07. The second kappa shape index (κ2) is 5.30. The Hall–Kier alpha value is -1.40. The smallest absolute Gasteiger partial charge is 0.240 e. The van der Waals surface area contributed by atoms with Gasteiger partial charge in [-0.25, -0.2) is 0 Å². The average molecular weight is 323 g/mol. The number of benzene rings is 1. The minimum Gasteiger partial charge on any atom is -0.371 e. The zero-order valence-corrected chi connectivity index (χ0v) is 12.1. The molecule has 19 heavy (non-hydrogen) atoms. The number of anilines is 1. The molecule has 2 heterocycles. The topological polar surface area (TPSA) is 68.2 Å². The maximum Gasteiger partial charge on any atom is 0.240 e. The number of nitrogens with zero attached hydrogens (tertiary/aromatic N) is 3. The Bertz CT molecular complexity index is 578. The minimum absolute atomic E-state index is 0.260. The normalized spacial score (nSPS) is 15.2. The Morgan fingerprint density at radius 3 is 2.79 bits per heavy atom. The number of hydrogen-bond acceptors (Lipinski definition) is 5. The molecule has 0 spiro atoms. The fourth-order valence-corrected chi connectivity index (χ4v) is 2.93. The lowest BCUT2D eigenvalue weighted by molar-refractivity contribution is 0.380. The van der Waals surface area contributed by atoms with Gasteiger partial charge in [0.25, 0.3) is 0 Å². The van der Waals surface area contributed by atoms with Crippen LogP contribution in [0, 0.1) is 0 Å².